The third kappa shape index (κ3) is 2.57. The van der Waals surface area contributed by atoms with Gasteiger partial charge in [0.05, 0.1) is 0 Å². The molecule has 0 amide bonds. The maximum Gasteiger partial charge on any atom is -0.0269 e. The monoisotopic (exact) mass is 208 g/mol. The number of unbranched alkanes of at least 4 members (excludes halogenated alkanes) is 1. The van der Waals surface area contributed by atoms with Gasteiger partial charge in [-0.3, -0.25) is 0 Å². The van der Waals surface area contributed by atoms with Crippen LogP contribution in [0.3, 0.4) is 0 Å². The lowest BCUT2D eigenvalue weighted by Crippen LogP contribution is -2.29. The summed E-state index contributed by atoms with van der Waals surface area (Å²) in [4.78, 5) is 0. The maximum atomic E-state index is 2.35. The largest absolute Gasteiger partial charge is 0.0654 e. The first-order chi connectivity index (χ1) is 7.37. The van der Waals surface area contributed by atoms with Crippen LogP contribution in [0.25, 0.3) is 0 Å². The summed E-state index contributed by atoms with van der Waals surface area (Å²) < 4.78 is 0. The van der Waals surface area contributed by atoms with Gasteiger partial charge in [0.2, 0.25) is 0 Å². The van der Waals surface area contributed by atoms with Crippen molar-refractivity contribution in [3.63, 3.8) is 0 Å². The average molecular weight is 208 g/mol. The van der Waals surface area contributed by atoms with Crippen LogP contribution in [0.2, 0.25) is 0 Å². The van der Waals surface area contributed by atoms with E-state index in [2.05, 4.69) is 6.92 Å². The number of hydrogen-bond donors (Lipinski definition) is 0. The van der Waals surface area contributed by atoms with Gasteiger partial charge in [-0.1, -0.05) is 51.9 Å². The van der Waals surface area contributed by atoms with Gasteiger partial charge < -0.3 is 0 Å². The molecule has 15 heavy (non-hydrogen) atoms. The molecule has 2 aliphatic rings. The molecule has 0 atom stereocenters. The average Bonchev–Trinajstić information content (AvgIpc) is 2.78. The molecule has 2 aliphatic carbocycles. The van der Waals surface area contributed by atoms with E-state index < -0.39 is 0 Å². The topological polar surface area (TPSA) is 0 Å². The summed E-state index contributed by atoms with van der Waals surface area (Å²) >= 11 is 0. The Bertz CT molecular complexity index is 170. The minimum atomic E-state index is 0.816. The Kier molecular flexibility index (Phi) is 4.11. The number of rotatable bonds is 4. The van der Waals surface area contributed by atoms with Crippen molar-refractivity contribution in [2.45, 2.75) is 84.0 Å². The van der Waals surface area contributed by atoms with E-state index in [1.807, 2.05) is 0 Å². The molecule has 0 aromatic heterocycles. The third-order valence-corrected chi connectivity index (χ3v) is 5.10. The molecular weight excluding hydrogens is 180 g/mol. The lowest BCUT2D eigenvalue weighted by Gasteiger charge is -2.40. The highest BCUT2D eigenvalue weighted by atomic mass is 14.5. The van der Waals surface area contributed by atoms with Crippen LogP contribution in [0.1, 0.15) is 84.0 Å². The SMILES string of the molecule is CCCCC1(C2CCCCC2)CCCC1. The maximum absolute atomic E-state index is 2.35. The molecule has 0 radical (unpaired) electrons. The lowest BCUT2D eigenvalue weighted by molar-refractivity contribution is 0.107. The standard InChI is InChI=1S/C15H28/c1-2-3-11-15(12-7-8-13-15)14-9-5-4-6-10-14/h14H,2-13H2,1H3. The fourth-order valence-electron chi connectivity index (χ4n) is 4.19. The van der Waals surface area contributed by atoms with Gasteiger partial charge >= 0.3 is 0 Å². The Morgan fingerprint density at radius 2 is 1.60 bits per heavy atom. The van der Waals surface area contributed by atoms with Gasteiger partial charge in [-0.2, -0.15) is 0 Å². The first-order valence-corrected chi connectivity index (χ1v) is 7.37. The Labute approximate surface area is 95.8 Å². The molecule has 2 fully saturated rings. The van der Waals surface area contributed by atoms with E-state index in [1.165, 1.54) is 44.9 Å². The van der Waals surface area contributed by atoms with Crippen molar-refractivity contribution in [3.8, 4) is 0 Å². The molecule has 2 rings (SSSR count). The van der Waals surface area contributed by atoms with E-state index >= 15 is 0 Å². The molecule has 0 aromatic rings. The Morgan fingerprint density at radius 3 is 2.20 bits per heavy atom. The summed E-state index contributed by atoms with van der Waals surface area (Å²) in [6.45, 7) is 2.35. The van der Waals surface area contributed by atoms with E-state index in [0.717, 1.165) is 11.3 Å². The van der Waals surface area contributed by atoms with Crippen LogP contribution < -0.4 is 0 Å². The van der Waals surface area contributed by atoms with Gasteiger partial charge in [-0.05, 0) is 43.4 Å². The quantitative estimate of drug-likeness (QED) is 0.586. The second kappa shape index (κ2) is 5.37. The molecule has 88 valence electrons. The lowest BCUT2D eigenvalue weighted by atomic mass is 9.65. The van der Waals surface area contributed by atoms with Crippen LogP contribution in [0.5, 0.6) is 0 Å². The van der Waals surface area contributed by atoms with Crippen LogP contribution in [0.15, 0.2) is 0 Å². The van der Waals surface area contributed by atoms with E-state index in [9.17, 15) is 0 Å². The fourth-order valence-corrected chi connectivity index (χ4v) is 4.19. The van der Waals surface area contributed by atoms with Gasteiger partial charge in [0.25, 0.3) is 0 Å². The van der Waals surface area contributed by atoms with E-state index in [0.29, 0.717) is 0 Å². The molecule has 0 heterocycles. The third-order valence-electron chi connectivity index (χ3n) is 5.10. The second-order valence-electron chi connectivity index (χ2n) is 6.01. The summed E-state index contributed by atoms with van der Waals surface area (Å²) in [7, 11) is 0. The van der Waals surface area contributed by atoms with Gasteiger partial charge in [0, 0.05) is 0 Å². The molecule has 0 bridgehead atoms. The van der Waals surface area contributed by atoms with Crippen LogP contribution in [-0.2, 0) is 0 Å². The van der Waals surface area contributed by atoms with Crippen molar-refractivity contribution in [3.05, 3.63) is 0 Å². The zero-order valence-electron chi connectivity index (χ0n) is 10.6. The summed E-state index contributed by atoms with van der Waals surface area (Å²) in [5, 5.41) is 0. The first-order valence-electron chi connectivity index (χ1n) is 7.37. The molecule has 0 spiro atoms. The van der Waals surface area contributed by atoms with Crippen LogP contribution >= 0.6 is 0 Å². The number of hydrogen-bond acceptors (Lipinski definition) is 0. The molecule has 0 aromatic carbocycles. The highest BCUT2D eigenvalue weighted by Crippen LogP contribution is 2.52. The predicted octanol–water partition coefficient (Wildman–Crippen LogP) is 5.32. The molecule has 0 N–H and O–H groups in total. The summed E-state index contributed by atoms with van der Waals surface area (Å²) in [6.07, 6.45) is 18.3. The van der Waals surface area contributed by atoms with Gasteiger partial charge in [0.1, 0.15) is 0 Å². The molecule has 0 unspecified atom stereocenters. The summed E-state index contributed by atoms with van der Waals surface area (Å²) in [5.41, 5.74) is 0.816. The molecular formula is C15H28. The minimum Gasteiger partial charge on any atom is -0.0654 e. The Hall–Kier alpha value is 0. The predicted molar refractivity (Wildman–Crippen MR) is 67.0 cm³/mol. The Balaban J connectivity index is 1.96. The first kappa shape index (κ1) is 11.5. The van der Waals surface area contributed by atoms with E-state index in [1.54, 1.807) is 32.1 Å². The minimum absolute atomic E-state index is 0.816. The molecule has 0 aliphatic heterocycles. The van der Waals surface area contributed by atoms with Crippen molar-refractivity contribution in [2.75, 3.05) is 0 Å². The van der Waals surface area contributed by atoms with Crippen molar-refractivity contribution < 1.29 is 0 Å². The van der Waals surface area contributed by atoms with Gasteiger partial charge in [-0.25, -0.2) is 0 Å². The van der Waals surface area contributed by atoms with Crippen molar-refractivity contribution in [1.82, 2.24) is 0 Å². The molecule has 0 saturated heterocycles. The highest BCUT2D eigenvalue weighted by molar-refractivity contribution is 4.91. The van der Waals surface area contributed by atoms with E-state index in [4.69, 9.17) is 0 Å². The van der Waals surface area contributed by atoms with Crippen LogP contribution in [-0.4, -0.2) is 0 Å². The van der Waals surface area contributed by atoms with Crippen LogP contribution in [0, 0.1) is 11.3 Å². The van der Waals surface area contributed by atoms with Gasteiger partial charge in [0.15, 0.2) is 0 Å². The van der Waals surface area contributed by atoms with Crippen LogP contribution in [0.4, 0.5) is 0 Å². The molecule has 2 saturated carbocycles. The molecule has 0 nitrogen and oxygen atoms in total. The second-order valence-corrected chi connectivity index (χ2v) is 6.01. The smallest absolute Gasteiger partial charge is 0.0269 e. The Morgan fingerprint density at radius 1 is 0.933 bits per heavy atom. The highest BCUT2D eigenvalue weighted by Gasteiger charge is 2.40. The zero-order chi connectivity index (χ0) is 10.6. The van der Waals surface area contributed by atoms with Gasteiger partial charge in [-0.15, -0.1) is 0 Å². The zero-order valence-corrected chi connectivity index (χ0v) is 10.6. The van der Waals surface area contributed by atoms with Crippen molar-refractivity contribution in [2.24, 2.45) is 11.3 Å². The normalized spacial score (nSPS) is 27.0. The van der Waals surface area contributed by atoms with E-state index in [-0.39, 0.29) is 0 Å². The summed E-state index contributed by atoms with van der Waals surface area (Å²) in [6, 6.07) is 0. The summed E-state index contributed by atoms with van der Waals surface area (Å²) in [5.74, 6) is 1.11. The van der Waals surface area contributed by atoms with Crippen molar-refractivity contribution in [1.29, 1.82) is 0 Å². The molecule has 0 heteroatoms. The van der Waals surface area contributed by atoms with Crippen molar-refractivity contribution >= 4 is 0 Å². The fraction of sp³-hybridized carbons (Fsp3) is 1.00.